The van der Waals surface area contributed by atoms with Crippen molar-refractivity contribution < 1.29 is 24.5 Å². The summed E-state index contributed by atoms with van der Waals surface area (Å²) in [7, 11) is 0. The summed E-state index contributed by atoms with van der Waals surface area (Å²) < 4.78 is 11.3. The van der Waals surface area contributed by atoms with Crippen LogP contribution in [-0.4, -0.2) is 35.7 Å². The van der Waals surface area contributed by atoms with E-state index in [0.717, 1.165) is 12.0 Å². The number of ether oxygens (including phenoxy) is 2. The zero-order valence-corrected chi connectivity index (χ0v) is 15.6. The van der Waals surface area contributed by atoms with E-state index in [9.17, 15) is 9.90 Å². The molecule has 28 heavy (non-hydrogen) atoms. The Bertz CT molecular complexity index is 902. The fraction of sp³-hybridized carbons (Fsp3) is 0.348. The van der Waals surface area contributed by atoms with Gasteiger partial charge in [0.05, 0.1) is 6.61 Å². The molecule has 2 aromatic carbocycles. The molecule has 0 radical (unpaired) electrons. The number of unbranched alkanes of at least 4 members (excludes halogenated alkanes) is 1. The van der Waals surface area contributed by atoms with E-state index in [0.29, 0.717) is 25.9 Å². The predicted molar refractivity (Wildman–Crippen MR) is 105 cm³/mol. The maximum Gasteiger partial charge on any atom is 0.370 e. The standard InChI is InChI=1S/C23H24O5/c24-10-3-4-11-27-22-14-16(13-21(28-22)23(25)26)18-8-5-9-19-17-7-2-1-6-15(17)12-20(18)19/h1-2,5-9,13,16,22,24H,3-4,10-12,14H2,(H,25,26)/t16-,22+/m1/s1. The fourth-order valence-electron chi connectivity index (χ4n) is 4.09. The van der Waals surface area contributed by atoms with Gasteiger partial charge in [-0.25, -0.2) is 4.79 Å². The van der Waals surface area contributed by atoms with Gasteiger partial charge in [0.15, 0.2) is 0 Å². The van der Waals surface area contributed by atoms with Crippen molar-refractivity contribution in [1.82, 2.24) is 0 Å². The van der Waals surface area contributed by atoms with E-state index >= 15 is 0 Å². The molecule has 0 unspecified atom stereocenters. The molecule has 5 heteroatoms. The van der Waals surface area contributed by atoms with Crippen LogP contribution in [0.25, 0.3) is 11.1 Å². The van der Waals surface area contributed by atoms with E-state index in [4.69, 9.17) is 14.6 Å². The number of hydrogen-bond acceptors (Lipinski definition) is 4. The highest BCUT2D eigenvalue weighted by Crippen LogP contribution is 2.42. The summed E-state index contributed by atoms with van der Waals surface area (Å²) in [5.74, 6) is -1.21. The van der Waals surface area contributed by atoms with Gasteiger partial charge in [0, 0.05) is 18.9 Å². The van der Waals surface area contributed by atoms with Crippen molar-refractivity contribution in [2.75, 3.05) is 13.2 Å². The number of aliphatic hydroxyl groups excluding tert-OH is 1. The highest BCUT2D eigenvalue weighted by atomic mass is 16.7. The molecule has 0 aromatic heterocycles. The van der Waals surface area contributed by atoms with Crippen molar-refractivity contribution in [2.45, 2.75) is 37.9 Å². The number of carboxylic acids is 1. The normalized spacial score (nSPS) is 20.1. The van der Waals surface area contributed by atoms with Gasteiger partial charge in [-0.3, -0.25) is 0 Å². The number of hydrogen-bond donors (Lipinski definition) is 2. The quantitative estimate of drug-likeness (QED) is 0.609. The van der Waals surface area contributed by atoms with Crippen LogP contribution in [0.15, 0.2) is 54.3 Å². The van der Waals surface area contributed by atoms with E-state index < -0.39 is 12.3 Å². The number of benzene rings is 2. The van der Waals surface area contributed by atoms with E-state index in [-0.39, 0.29) is 18.3 Å². The summed E-state index contributed by atoms with van der Waals surface area (Å²) >= 11 is 0. The Kier molecular flexibility index (Phi) is 5.46. The van der Waals surface area contributed by atoms with Crippen LogP contribution in [-0.2, 0) is 20.7 Å². The maximum absolute atomic E-state index is 11.6. The largest absolute Gasteiger partial charge is 0.475 e. The van der Waals surface area contributed by atoms with Gasteiger partial charge in [-0.1, -0.05) is 42.5 Å². The van der Waals surface area contributed by atoms with Crippen molar-refractivity contribution in [3.63, 3.8) is 0 Å². The minimum Gasteiger partial charge on any atom is -0.475 e. The van der Waals surface area contributed by atoms with Crippen molar-refractivity contribution in [3.8, 4) is 11.1 Å². The third-order valence-electron chi connectivity index (χ3n) is 5.41. The number of aliphatic hydroxyl groups is 1. The van der Waals surface area contributed by atoms with Gasteiger partial charge in [-0.2, -0.15) is 0 Å². The summed E-state index contributed by atoms with van der Waals surface area (Å²) in [6.45, 7) is 0.553. The van der Waals surface area contributed by atoms with Crippen LogP contribution in [0.5, 0.6) is 0 Å². The maximum atomic E-state index is 11.6. The van der Waals surface area contributed by atoms with Crippen LogP contribution in [0.1, 0.15) is 41.9 Å². The average Bonchev–Trinajstić information content (AvgIpc) is 3.10. The molecule has 0 saturated heterocycles. The van der Waals surface area contributed by atoms with Gasteiger partial charge < -0.3 is 19.7 Å². The van der Waals surface area contributed by atoms with Crippen LogP contribution in [0.4, 0.5) is 0 Å². The van der Waals surface area contributed by atoms with Gasteiger partial charge in [0.1, 0.15) is 0 Å². The Morgan fingerprint density at radius 1 is 1.11 bits per heavy atom. The first-order valence-electron chi connectivity index (χ1n) is 9.71. The van der Waals surface area contributed by atoms with Gasteiger partial charge in [0.2, 0.25) is 12.0 Å². The SMILES string of the molecule is O=C(O)C1=C[C@@H](c2cccc3c2Cc2ccccc2-3)C[C@@H](OCCCCO)O1. The molecule has 1 aliphatic carbocycles. The van der Waals surface area contributed by atoms with Gasteiger partial charge >= 0.3 is 5.97 Å². The van der Waals surface area contributed by atoms with Crippen molar-refractivity contribution in [1.29, 1.82) is 0 Å². The monoisotopic (exact) mass is 380 g/mol. The molecule has 2 N–H and O–H groups in total. The second-order valence-electron chi connectivity index (χ2n) is 7.23. The highest BCUT2D eigenvalue weighted by Gasteiger charge is 2.31. The lowest BCUT2D eigenvalue weighted by molar-refractivity contribution is -0.157. The van der Waals surface area contributed by atoms with E-state index in [1.54, 1.807) is 6.08 Å². The lowest BCUT2D eigenvalue weighted by Crippen LogP contribution is -2.27. The molecule has 2 atom stereocenters. The minimum absolute atomic E-state index is 0.0588. The van der Waals surface area contributed by atoms with Crippen molar-refractivity contribution in [2.24, 2.45) is 0 Å². The zero-order chi connectivity index (χ0) is 19.5. The van der Waals surface area contributed by atoms with Crippen molar-refractivity contribution in [3.05, 3.63) is 71.0 Å². The van der Waals surface area contributed by atoms with Gasteiger partial charge in [-0.05, 0) is 53.2 Å². The molecule has 4 rings (SSSR count). The van der Waals surface area contributed by atoms with Crippen LogP contribution in [0.2, 0.25) is 0 Å². The molecule has 0 spiro atoms. The predicted octanol–water partition coefficient (Wildman–Crippen LogP) is 3.85. The van der Waals surface area contributed by atoms with Crippen LogP contribution in [0.3, 0.4) is 0 Å². The molecule has 0 amide bonds. The summed E-state index contributed by atoms with van der Waals surface area (Å²) in [4.78, 5) is 11.6. The number of fused-ring (bicyclic) bond motifs is 3. The Balaban J connectivity index is 1.61. The molecule has 0 bridgehead atoms. The fourth-order valence-corrected chi connectivity index (χ4v) is 4.09. The lowest BCUT2D eigenvalue weighted by atomic mass is 9.87. The Morgan fingerprint density at radius 3 is 2.75 bits per heavy atom. The van der Waals surface area contributed by atoms with Crippen LogP contribution >= 0.6 is 0 Å². The number of carboxylic acid groups (broad SMARTS) is 1. The van der Waals surface area contributed by atoms with E-state index in [1.807, 2.05) is 12.1 Å². The first kappa shape index (κ1) is 18.7. The lowest BCUT2D eigenvalue weighted by Gasteiger charge is -2.29. The summed E-state index contributed by atoms with van der Waals surface area (Å²) in [6, 6.07) is 14.6. The third-order valence-corrected chi connectivity index (χ3v) is 5.41. The molecule has 0 saturated carbocycles. The van der Waals surface area contributed by atoms with Gasteiger partial charge in [-0.15, -0.1) is 0 Å². The Morgan fingerprint density at radius 2 is 1.93 bits per heavy atom. The minimum atomic E-state index is -1.08. The van der Waals surface area contributed by atoms with Crippen molar-refractivity contribution >= 4 is 5.97 Å². The number of rotatable bonds is 7. The first-order valence-corrected chi connectivity index (χ1v) is 9.71. The van der Waals surface area contributed by atoms with E-state index in [2.05, 4.69) is 30.3 Å². The average molecular weight is 380 g/mol. The highest BCUT2D eigenvalue weighted by molar-refractivity contribution is 5.85. The summed E-state index contributed by atoms with van der Waals surface area (Å²) in [5.41, 5.74) is 6.18. The number of allylic oxidation sites excluding steroid dienone is 1. The third kappa shape index (κ3) is 3.68. The Hall–Kier alpha value is -2.63. The zero-order valence-electron chi connectivity index (χ0n) is 15.6. The van der Waals surface area contributed by atoms with Crippen LogP contribution in [0, 0.1) is 0 Å². The molecule has 0 fully saturated rings. The van der Waals surface area contributed by atoms with Gasteiger partial charge in [0.25, 0.3) is 0 Å². The number of aliphatic carboxylic acids is 1. The summed E-state index contributed by atoms with van der Waals surface area (Å²) in [5, 5.41) is 18.4. The number of carbonyl (C=O) groups is 1. The first-order chi connectivity index (χ1) is 13.7. The molecule has 1 aliphatic heterocycles. The molecule has 1 heterocycles. The molecule has 2 aromatic rings. The van der Waals surface area contributed by atoms with Crippen LogP contribution < -0.4 is 0 Å². The molecule has 2 aliphatic rings. The van der Waals surface area contributed by atoms with E-state index in [1.165, 1.54) is 22.3 Å². The summed E-state index contributed by atoms with van der Waals surface area (Å²) in [6.07, 6.45) is 3.90. The smallest absolute Gasteiger partial charge is 0.370 e. The molecule has 5 nitrogen and oxygen atoms in total. The topological polar surface area (TPSA) is 76.0 Å². The molecular formula is C23H24O5. The Labute approximate surface area is 164 Å². The second kappa shape index (κ2) is 8.17. The second-order valence-corrected chi connectivity index (χ2v) is 7.23. The molecular weight excluding hydrogens is 356 g/mol. The molecule has 146 valence electrons.